The maximum absolute atomic E-state index is 10.4. The molecule has 3 rings (SSSR count). The number of pyridine rings is 1. The van der Waals surface area contributed by atoms with E-state index in [0.29, 0.717) is 10.5 Å². The van der Waals surface area contributed by atoms with Gasteiger partial charge in [-0.15, -0.1) is 0 Å². The lowest BCUT2D eigenvalue weighted by Gasteiger charge is -2.17. The van der Waals surface area contributed by atoms with Crippen molar-refractivity contribution in [1.29, 1.82) is 0 Å². The molecule has 0 saturated heterocycles. The lowest BCUT2D eigenvalue weighted by molar-refractivity contribution is 0.462. The molecule has 0 fully saturated rings. The molecule has 0 aliphatic rings. The zero-order valence-electron chi connectivity index (χ0n) is 10.4. The average Bonchev–Trinajstić information content (AvgIpc) is 2.96. The standard InChI is InChI=1S/C15H13ClN2O/c1-10(18-7-2-3-8-18)12-9-13(16)11-5-4-6-17-14(11)15(12)19/h2-10,19H,1H3. The van der Waals surface area contributed by atoms with Gasteiger partial charge in [0.05, 0.1) is 11.1 Å². The zero-order chi connectivity index (χ0) is 13.4. The maximum Gasteiger partial charge on any atom is 0.147 e. The molecule has 0 bridgehead atoms. The number of hydrogen-bond donors (Lipinski definition) is 1. The second-order valence-corrected chi connectivity index (χ2v) is 4.91. The highest BCUT2D eigenvalue weighted by atomic mass is 35.5. The van der Waals surface area contributed by atoms with Crippen molar-refractivity contribution < 1.29 is 5.11 Å². The fourth-order valence-corrected chi connectivity index (χ4v) is 2.56. The minimum Gasteiger partial charge on any atom is -0.505 e. The fourth-order valence-electron chi connectivity index (χ4n) is 2.29. The molecule has 0 amide bonds. The Hall–Kier alpha value is -2.00. The molecule has 1 atom stereocenters. The number of phenolic OH excluding ortho intramolecular Hbond substituents is 1. The van der Waals surface area contributed by atoms with Crippen molar-refractivity contribution in [1.82, 2.24) is 9.55 Å². The molecule has 0 radical (unpaired) electrons. The van der Waals surface area contributed by atoms with Gasteiger partial charge < -0.3 is 9.67 Å². The first-order valence-electron chi connectivity index (χ1n) is 6.07. The summed E-state index contributed by atoms with van der Waals surface area (Å²) in [5.74, 6) is 0.196. The average molecular weight is 273 g/mol. The third kappa shape index (κ3) is 1.96. The molecule has 1 unspecified atom stereocenters. The van der Waals surface area contributed by atoms with Gasteiger partial charge in [0.2, 0.25) is 0 Å². The maximum atomic E-state index is 10.4. The zero-order valence-corrected chi connectivity index (χ0v) is 11.2. The second-order valence-electron chi connectivity index (χ2n) is 4.50. The summed E-state index contributed by atoms with van der Waals surface area (Å²) in [6.07, 6.45) is 5.57. The van der Waals surface area contributed by atoms with Gasteiger partial charge in [0.25, 0.3) is 0 Å². The fraction of sp³-hybridized carbons (Fsp3) is 0.133. The predicted octanol–water partition coefficient (Wildman–Crippen LogP) is 4.00. The molecule has 19 heavy (non-hydrogen) atoms. The molecule has 4 heteroatoms. The number of aromatic hydroxyl groups is 1. The highest BCUT2D eigenvalue weighted by Crippen LogP contribution is 2.37. The molecule has 3 aromatic rings. The van der Waals surface area contributed by atoms with Crippen LogP contribution in [0.2, 0.25) is 5.02 Å². The minimum atomic E-state index is -0.00101. The monoisotopic (exact) mass is 272 g/mol. The molecule has 96 valence electrons. The Bertz CT molecular complexity index is 722. The second kappa shape index (κ2) is 4.59. The van der Waals surface area contributed by atoms with Gasteiger partial charge in [-0.1, -0.05) is 11.6 Å². The molecular formula is C15H13ClN2O. The molecule has 3 nitrogen and oxygen atoms in total. The van der Waals surface area contributed by atoms with Gasteiger partial charge in [-0.2, -0.15) is 0 Å². The Morgan fingerprint density at radius 1 is 1.26 bits per heavy atom. The molecule has 1 aromatic carbocycles. The normalized spacial score (nSPS) is 12.7. The van der Waals surface area contributed by atoms with E-state index in [-0.39, 0.29) is 11.8 Å². The Labute approximate surface area is 116 Å². The van der Waals surface area contributed by atoms with Crippen molar-refractivity contribution >= 4 is 22.5 Å². The van der Waals surface area contributed by atoms with Crippen molar-refractivity contribution in [2.24, 2.45) is 0 Å². The largest absolute Gasteiger partial charge is 0.505 e. The number of phenols is 1. The quantitative estimate of drug-likeness (QED) is 0.765. The van der Waals surface area contributed by atoms with E-state index in [0.717, 1.165) is 10.9 Å². The third-order valence-electron chi connectivity index (χ3n) is 3.37. The summed E-state index contributed by atoms with van der Waals surface area (Å²) in [4.78, 5) is 4.22. The van der Waals surface area contributed by atoms with E-state index in [2.05, 4.69) is 4.98 Å². The smallest absolute Gasteiger partial charge is 0.147 e. The summed E-state index contributed by atoms with van der Waals surface area (Å²) in [5.41, 5.74) is 1.32. The van der Waals surface area contributed by atoms with E-state index in [1.54, 1.807) is 6.20 Å². The first kappa shape index (κ1) is 12.1. The van der Waals surface area contributed by atoms with Gasteiger partial charge in [-0.25, -0.2) is 0 Å². The lowest BCUT2D eigenvalue weighted by Crippen LogP contribution is -2.05. The van der Waals surface area contributed by atoms with Gasteiger partial charge in [0, 0.05) is 29.5 Å². The van der Waals surface area contributed by atoms with Crippen molar-refractivity contribution in [3.05, 3.63) is 59.5 Å². The van der Waals surface area contributed by atoms with Crippen LogP contribution in [0.3, 0.4) is 0 Å². The molecule has 2 heterocycles. The van der Waals surface area contributed by atoms with Crippen LogP contribution in [0.5, 0.6) is 5.75 Å². The summed E-state index contributed by atoms with van der Waals surface area (Å²) >= 11 is 6.28. The number of halogens is 1. The van der Waals surface area contributed by atoms with E-state index in [9.17, 15) is 5.11 Å². The van der Waals surface area contributed by atoms with Crippen LogP contribution in [-0.2, 0) is 0 Å². The minimum absolute atomic E-state index is 0.00101. The molecular weight excluding hydrogens is 260 g/mol. The number of fused-ring (bicyclic) bond motifs is 1. The van der Waals surface area contributed by atoms with Crippen LogP contribution >= 0.6 is 11.6 Å². The van der Waals surface area contributed by atoms with Gasteiger partial charge in [0.15, 0.2) is 0 Å². The summed E-state index contributed by atoms with van der Waals surface area (Å²) in [7, 11) is 0. The van der Waals surface area contributed by atoms with E-state index in [1.165, 1.54) is 0 Å². The topological polar surface area (TPSA) is 38.1 Å². The van der Waals surface area contributed by atoms with Crippen molar-refractivity contribution in [3.63, 3.8) is 0 Å². The number of hydrogen-bond acceptors (Lipinski definition) is 2. The highest BCUT2D eigenvalue weighted by molar-refractivity contribution is 6.35. The summed E-state index contributed by atoms with van der Waals surface area (Å²) < 4.78 is 2.01. The summed E-state index contributed by atoms with van der Waals surface area (Å²) in [6, 6.07) is 9.38. The molecule has 1 N–H and O–H groups in total. The first-order valence-corrected chi connectivity index (χ1v) is 6.45. The number of rotatable bonds is 2. The van der Waals surface area contributed by atoms with Crippen LogP contribution in [0, 0.1) is 0 Å². The van der Waals surface area contributed by atoms with E-state index >= 15 is 0 Å². The van der Waals surface area contributed by atoms with Crippen LogP contribution in [0.4, 0.5) is 0 Å². The van der Waals surface area contributed by atoms with Crippen LogP contribution in [-0.4, -0.2) is 14.7 Å². The number of aromatic nitrogens is 2. The van der Waals surface area contributed by atoms with Crippen molar-refractivity contribution in [2.45, 2.75) is 13.0 Å². The van der Waals surface area contributed by atoms with E-state index < -0.39 is 0 Å². The highest BCUT2D eigenvalue weighted by Gasteiger charge is 2.16. The third-order valence-corrected chi connectivity index (χ3v) is 3.68. The number of benzene rings is 1. The van der Waals surface area contributed by atoms with Crippen LogP contribution in [0.15, 0.2) is 48.9 Å². The predicted molar refractivity (Wildman–Crippen MR) is 76.7 cm³/mol. The van der Waals surface area contributed by atoms with Crippen molar-refractivity contribution in [2.75, 3.05) is 0 Å². The molecule has 0 spiro atoms. The molecule has 2 aromatic heterocycles. The lowest BCUT2D eigenvalue weighted by atomic mass is 10.0. The Kier molecular flexibility index (Phi) is 2.91. The summed E-state index contributed by atoms with van der Waals surface area (Å²) in [5, 5.41) is 11.8. The molecule has 0 aliphatic carbocycles. The van der Waals surface area contributed by atoms with Gasteiger partial charge >= 0.3 is 0 Å². The van der Waals surface area contributed by atoms with Gasteiger partial charge in [0.1, 0.15) is 11.3 Å². The number of nitrogens with zero attached hydrogens (tertiary/aromatic N) is 2. The molecule has 0 saturated carbocycles. The Morgan fingerprint density at radius 3 is 2.74 bits per heavy atom. The SMILES string of the molecule is CC(c1cc(Cl)c2cccnc2c1O)n1cccc1. The van der Waals surface area contributed by atoms with Crippen LogP contribution in [0.1, 0.15) is 18.5 Å². The Balaban J connectivity index is 2.22. The summed E-state index contributed by atoms with van der Waals surface area (Å²) in [6.45, 7) is 2.01. The van der Waals surface area contributed by atoms with E-state index in [4.69, 9.17) is 11.6 Å². The Morgan fingerprint density at radius 2 is 2.00 bits per heavy atom. The van der Waals surface area contributed by atoms with Crippen LogP contribution < -0.4 is 0 Å². The van der Waals surface area contributed by atoms with Gasteiger partial charge in [-0.3, -0.25) is 4.98 Å². The van der Waals surface area contributed by atoms with E-state index in [1.807, 2.05) is 54.2 Å². The van der Waals surface area contributed by atoms with Crippen molar-refractivity contribution in [3.8, 4) is 5.75 Å². The first-order chi connectivity index (χ1) is 9.18. The van der Waals surface area contributed by atoms with Gasteiger partial charge in [-0.05, 0) is 37.3 Å². The molecule has 0 aliphatic heterocycles. The van der Waals surface area contributed by atoms with Crippen LogP contribution in [0.25, 0.3) is 10.9 Å².